The lowest BCUT2D eigenvalue weighted by molar-refractivity contribution is -0.122. The van der Waals surface area contributed by atoms with Crippen molar-refractivity contribution in [1.29, 1.82) is 0 Å². The van der Waals surface area contributed by atoms with E-state index in [4.69, 9.17) is 10.8 Å². The molecule has 0 aliphatic heterocycles. The number of carbonyl (C=O) groups excluding carboxylic acids is 1. The van der Waals surface area contributed by atoms with Gasteiger partial charge in [0.1, 0.15) is 6.10 Å². The number of hydrogen-bond acceptors (Lipinski definition) is 3. The minimum absolute atomic E-state index is 0.0577. The number of carbonyl (C=O) groups is 1. The molecule has 6 heteroatoms. The first-order chi connectivity index (χ1) is 8.68. The molecule has 0 bridgehead atoms. The van der Waals surface area contributed by atoms with Crippen LogP contribution in [0.3, 0.4) is 0 Å². The molecule has 0 heterocycles. The van der Waals surface area contributed by atoms with E-state index in [2.05, 4.69) is 26.1 Å². The summed E-state index contributed by atoms with van der Waals surface area (Å²) in [7, 11) is 0. The first kappa shape index (κ1) is 18.2. The Bertz CT molecular complexity index is 268. The SMILES string of the molecule is CC(C)(C)C(CCN)CCC(=O)NCC(O)C(F)F. The van der Waals surface area contributed by atoms with Gasteiger partial charge in [0.05, 0.1) is 0 Å². The Labute approximate surface area is 113 Å². The fourth-order valence-corrected chi connectivity index (χ4v) is 1.91. The van der Waals surface area contributed by atoms with Crippen LogP contribution < -0.4 is 11.1 Å². The minimum Gasteiger partial charge on any atom is -0.385 e. The van der Waals surface area contributed by atoms with Crippen LogP contribution in [0.15, 0.2) is 0 Å². The van der Waals surface area contributed by atoms with Gasteiger partial charge in [0, 0.05) is 13.0 Å². The summed E-state index contributed by atoms with van der Waals surface area (Å²) in [6.07, 6.45) is -2.88. The van der Waals surface area contributed by atoms with E-state index in [1.807, 2.05) is 0 Å². The van der Waals surface area contributed by atoms with Crippen molar-refractivity contribution in [3.8, 4) is 0 Å². The molecule has 0 saturated carbocycles. The third-order valence-corrected chi connectivity index (χ3v) is 3.26. The number of amides is 1. The van der Waals surface area contributed by atoms with Crippen molar-refractivity contribution in [3.63, 3.8) is 0 Å². The van der Waals surface area contributed by atoms with Gasteiger partial charge in [-0.05, 0) is 30.7 Å². The van der Waals surface area contributed by atoms with E-state index in [1.54, 1.807) is 0 Å². The molecule has 4 N–H and O–H groups in total. The molecule has 1 amide bonds. The van der Waals surface area contributed by atoms with Gasteiger partial charge < -0.3 is 16.2 Å². The smallest absolute Gasteiger partial charge is 0.265 e. The molecule has 0 rings (SSSR count). The Morgan fingerprint density at radius 3 is 2.32 bits per heavy atom. The zero-order chi connectivity index (χ0) is 15.1. The zero-order valence-corrected chi connectivity index (χ0v) is 12.0. The van der Waals surface area contributed by atoms with Crippen LogP contribution in [0.5, 0.6) is 0 Å². The Morgan fingerprint density at radius 2 is 1.89 bits per heavy atom. The molecule has 0 spiro atoms. The maximum atomic E-state index is 12.0. The number of halogens is 2. The molecule has 0 fully saturated rings. The van der Waals surface area contributed by atoms with E-state index < -0.39 is 19.1 Å². The van der Waals surface area contributed by atoms with Gasteiger partial charge >= 0.3 is 0 Å². The van der Waals surface area contributed by atoms with E-state index in [0.717, 1.165) is 6.42 Å². The predicted octanol–water partition coefficient (Wildman–Crippen LogP) is 1.52. The molecule has 0 radical (unpaired) electrons. The highest BCUT2D eigenvalue weighted by Gasteiger charge is 2.24. The molecular weight excluding hydrogens is 254 g/mol. The molecule has 4 nitrogen and oxygen atoms in total. The number of hydrogen-bond donors (Lipinski definition) is 3. The lowest BCUT2D eigenvalue weighted by Gasteiger charge is -2.30. The molecule has 19 heavy (non-hydrogen) atoms. The maximum Gasteiger partial charge on any atom is 0.265 e. The molecule has 2 atom stereocenters. The van der Waals surface area contributed by atoms with Crippen molar-refractivity contribution < 1.29 is 18.7 Å². The first-order valence-corrected chi connectivity index (χ1v) is 6.61. The minimum atomic E-state index is -2.83. The Kier molecular flexibility index (Phi) is 8.09. The van der Waals surface area contributed by atoms with E-state index in [9.17, 15) is 13.6 Å². The summed E-state index contributed by atoms with van der Waals surface area (Å²) in [4.78, 5) is 11.5. The number of alkyl halides is 2. The number of aliphatic hydroxyl groups excluding tert-OH is 1. The normalized spacial score (nSPS) is 15.4. The third kappa shape index (κ3) is 8.10. The number of nitrogens with one attached hydrogen (secondary N) is 1. The third-order valence-electron chi connectivity index (χ3n) is 3.26. The summed E-state index contributed by atoms with van der Waals surface area (Å²) in [5.74, 6) is -0.00533. The number of aliphatic hydroxyl groups is 1. The highest BCUT2D eigenvalue weighted by molar-refractivity contribution is 5.75. The lowest BCUT2D eigenvalue weighted by atomic mass is 9.76. The van der Waals surface area contributed by atoms with E-state index in [0.29, 0.717) is 18.9 Å². The molecule has 0 aliphatic carbocycles. The van der Waals surface area contributed by atoms with E-state index in [-0.39, 0.29) is 17.7 Å². The van der Waals surface area contributed by atoms with Gasteiger partial charge in [-0.2, -0.15) is 0 Å². The number of nitrogens with two attached hydrogens (primary N) is 1. The van der Waals surface area contributed by atoms with E-state index >= 15 is 0 Å². The van der Waals surface area contributed by atoms with Gasteiger partial charge in [-0.3, -0.25) is 4.79 Å². The van der Waals surface area contributed by atoms with Gasteiger partial charge in [-0.1, -0.05) is 20.8 Å². The molecule has 0 aromatic heterocycles. The molecule has 0 aromatic carbocycles. The van der Waals surface area contributed by atoms with Crippen LogP contribution in [-0.4, -0.2) is 36.6 Å². The van der Waals surface area contributed by atoms with Crippen molar-refractivity contribution >= 4 is 5.91 Å². The van der Waals surface area contributed by atoms with Crippen molar-refractivity contribution in [3.05, 3.63) is 0 Å². The lowest BCUT2D eigenvalue weighted by Crippen LogP contribution is -2.36. The summed E-state index contributed by atoms with van der Waals surface area (Å²) in [6, 6.07) is 0. The molecule has 2 unspecified atom stereocenters. The van der Waals surface area contributed by atoms with Crippen LogP contribution in [0.1, 0.15) is 40.0 Å². The second-order valence-corrected chi connectivity index (χ2v) is 5.88. The van der Waals surface area contributed by atoms with Crippen LogP contribution in [0.2, 0.25) is 0 Å². The van der Waals surface area contributed by atoms with Crippen LogP contribution in [-0.2, 0) is 4.79 Å². The summed E-state index contributed by atoms with van der Waals surface area (Å²) in [5, 5.41) is 11.2. The first-order valence-electron chi connectivity index (χ1n) is 6.61. The van der Waals surface area contributed by atoms with Crippen molar-refractivity contribution in [2.45, 2.75) is 52.6 Å². The van der Waals surface area contributed by atoms with Crippen molar-refractivity contribution in [1.82, 2.24) is 5.32 Å². The summed E-state index contributed by atoms with van der Waals surface area (Å²) in [6.45, 7) is 6.42. The molecule has 114 valence electrons. The predicted molar refractivity (Wildman–Crippen MR) is 70.9 cm³/mol. The molecular formula is C13H26F2N2O2. The molecule has 0 aliphatic rings. The Hall–Kier alpha value is -0.750. The van der Waals surface area contributed by atoms with Gasteiger partial charge in [0.2, 0.25) is 5.91 Å². The monoisotopic (exact) mass is 280 g/mol. The van der Waals surface area contributed by atoms with Crippen molar-refractivity contribution in [2.75, 3.05) is 13.1 Å². The Morgan fingerprint density at radius 1 is 1.32 bits per heavy atom. The average molecular weight is 280 g/mol. The van der Waals surface area contributed by atoms with Gasteiger partial charge in [0.25, 0.3) is 6.43 Å². The molecule has 0 saturated heterocycles. The second-order valence-electron chi connectivity index (χ2n) is 5.88. The standard InChI is InChI=1S/C13H26F2N2O2/c1-13(2,3)9(6-7-16)4-5-11(19)17-8-10(18)12(14)15/h9-10,12,18H,4-8,16H2,1-3H3,(H,17,19). The fraction of sp³-hybridized carbons (Fsp3) is 0.923. The summed E-state index contributed by atoms with van der Waals surface area (Å²) in [5.41, 5.74) is 5.60. The largest absolute Gasteiger partial charge is 0.385 e. The highest BCUT2D eigenvalue weighted by Crippen LogP contribution is 2.31. The van der Waals surface area contributed by atoms with Gasteiger partial charge in [-0.25, -0.2) is 8.78 Å². The van der Waals surface area contributed by atoms with Crippen LogP contribution in [0, 0.1) is 11.3 Å². The van der Waals surface area contributed by atoms with E-state index in [1.165, 1.54) is 0 Å². The van der Waals surface area contributed by atoms with Crippen molar-refractivity contribution in [2.24, 2.45) is 17.1 Å². The average Bonchev–Trinajstić information content (AvgIpc) is 2.29. The second kappa shape index (κ2) is 8.43. The zero-order valence-electron chi connectivity index (χ0n) is 12.0. The quantitative estimate of drug-likeness (QED) is 0.631. The molecule has 0 aromatic rings. The summed E-state index contributed by atoms with van der Waals surface area (Å²) < 4.78 is 24.1. The van der Waals surface area contributed by atoms with Gasteiger partial charge in [-0.15, -0.1) is 0 Å². The fourth-order valence-electron chi connectivity index (χ4n) is 1.91. The van der Waals surface area contributed by atoms with Crippen LogP contribution in [0.25, 0.3) is 0 Å². The summed E-state index contributed by atoms with van der Waals surface area (Å²) >= 11 is 0. The number of rotatable bonds is 8. The van der Waals surface area contributed by atoms with Gasteiger partial charge in [0.15, 0.2) is 0 Å². The van der Waals surface area contributed by atoms with Crippen LogP contribution >= 0.6 is 0 Å². The Balaban J connectivity index is 4.06. The highest BCUT2D eigenvalue weighted by atomic mass is 19.3. The van der Waals surface area contributed by atoms with Crippen LogP contribution in [0.4, 0.5) is 8.78 Å². The maximum absolute atomic E-state index is 12.0. The topological polar surface area (TPSA) is 75.4 Å².